The van der Waals surface area contributed by atoms with Gasteiger partial charge >= 0.3 is 0 Å². The molecule has 2 rings (SSSR count). The van der Waals surface area contributed by atoms with E-state index >= 15 is 0 Å². The molecule has 0 bridgehead atoms. The number of nitrogens with one attached hydrogen (secondary N) is 2. The summed E-state index contributed by atoms with van der Waals surface area (Å²) in [4.78, 5) is 6.68. The third-order valence-corrected chi connectivity index (χ3v) is 2.26. The van der Waals surface area contributed by atoms with Crippen molar-refractivity contribution < 1.29 is 13.2 Å². The van der Waals surface area contributed by atoms with Gasteiger partial charge in [0.1, 0.15) is 5.82 Å². The predicted octanol–water partition coefficient (Wildman–Crippen LogP) is 1.71. The SMILES string of the molecule is NCC(F)(F)CNc1nc2ccc(F)cc2[nH]1. The highest BCUT2D eigenvalue weighted by atomic mass is 19.3. The Kier molecular flexibility index (Phi) is 2.93. The molecule has 0 spiro atoms. The number of imidazole rings is 1. The highest BCUT2D eigenvalue weighted by Crippen LogP contribution is 2.17. The Morgan fingerprint density at radius 1 is 1.41 bits per heavy atom. The van der Waals surface area contributed by atoms with Gasteiger partial charge in [0.25, 0.3) is 5.92 Å². The van der Waals surface area contributed by atoms with E-state index in [1.807, 2.05) is 0 Å². The molecule has 0 fully saturated rings. The van der Waals surface area contributed by atoms with Gasteiger partial charge in [0.05, 0.1) is 24.1 Å². The molecule has 0 aliphatic heterocycles. The average molecular weight is 244 g/mol. The first-order valence-electron chi connectivity index (χ1n) is 4.97. The van der Waals surface area contributed by atoms with E-state index in [9.17, 15) is 13.2 Å². The van der Waals surface area contributed by atoms with Crippen molar-refractivity contribution in [2.24, 2.45) is 5.73 Å². The number of halogens is 3. The summed E-state index contributed by atoms with van der Waals surface area (Å²) in [6, 6.07) is 3.96. The summed E-state index contributed by atoms with van der Waals surface area (Å²) in [5.74, 6) is -3.25. The van der Waals surface area contributed by atoms with E-state index in [4.69, 9.17) is 5.73 Å². The number of hydrogen-bond acceptors (Lipinski definition) is 3. The van der Waals surface area contributed by atoms with E-state index in [-0.39, 0.29) is 5.95 Å². The molecule has 0 radical (unpaired) electrons. The number of alkyl halides is 2. The lowest BCUT2D eigenvalue weighted by Gasteiger charge is -2.13. The second kappa shape index (κ2) is 4.25. The molecule has 2 aromatic rings. The van der Waals surface area contributed by atoms with Crippen LogP contribution in [0.1, 0.15) is 0 Å². The number of H-pyrrole nitrogens is 1. The average Bonchev–Trinajstić information content (AvgIpc) is 2.68. The number of fused-ring (bicyclic) bond motifs is 1. The van der Waals surface area contributed by atoms with E-state index in [0.29, 0.717) is 11.0 Å². The van der Waals surface area contributed by atoms with Gasteiger partial charge in [0, 0.05) is 0 Å². The van der Waals surface area contributed by atoms with Gasteiger partial charge in [0.15, 0.2) is 0 Å². The largest absolute Gasteiger partial charge is 0.350 e. The standard InChI is InChI=1S/C10H11F3N4/c11-6-1-2-7-8(3-6)17-9(16-7)15-5-10(12,13)4-14/h1-3H,4-5,14H2,(H2,15,16,17). The van der Waals surface area contributed by atoms with Gasteiger partial charge in [-0.2, -0.15) is 0 Å². The minimum Gasteiger partial charge on any atom is -0.350 e. The maximum absolute atomic E-state index is 12.9. The normalized spacial score (nSPS) is 12.0. The van der Waals surface area contributed by atoms with Crippen molar-refractivity contribution in [3.05, 3.63) is 24.0 Å². The summed E-state index contributed by atoms with van der Waals surface area (Å²) < 4.78 is 38.6. The summed E-state index contributed by atoms with van der Waals surface area (Å²) in [5, 5.41) is 2.43. The third-order valence-electron chi connectivity index (χ3n) is 2.26. The Hall–Kier alpha value is -1.76. The fraction of sp³-hybridized carbons (Fsp3) is 0.300. The van der Waals surface area contributed by atoms with Crippen molar-refractivity contribution in [2.45, 2.75) is 5.92 Å². The van der Waals surface area contributed by atoms with Gasteiger partial charge in [-0.05, 0) is 18.2 Å². The second-order valence-electron chi connectivity index (χ2n) is 3.66. The molecule has 0 amide bonds. The topological polar surface area (TPSA) is 66.7 Å². The molecule has 1 aromatic heterocycles. The van der Waals surface area contributed by atoms with Crippen LogP contribution in [0.3, 0.4) is 0 Å². The van der Waals surface area contributed by atoms with Gasteiger partial charge in [-0.1, -0.05) is 0 Å². The highest BCUT2D eigenvalue weighted by molar-refractivity contribution is 5.77. The number of aromatic amines is 1. The zero-order chi connectivity index (χ0) is 12.5. The number of hydrogen-bond donors (Lipinski definition) is 3. The zero-order valence-electron chi connectivity index (χ0n) is 8.80. The van der Waals surface area contributed by atoms with E-state index in [0.717, 1.165) is 0 Å². The molecule has 0 aliphatic carbocycles. The van der Waals surface area contributed by atoms with Crippen LogP contribution in [0.4, 0.5) is 19.1 Å². The van der Waals surface area contributed by atoms with Crippen LogP contribution in [0.15, 0.2) is 18.2 Å². The van der Waals surface area contributed by atoms with Gasteiger partial charge in [-0.25, -0.2) is 18.2 Å². The molecule has 1 heterocycles. The van der Waals surface area contributed by atoms with Crippen LogP contribution >= 0.6 is 0 Å². The first kappa shape index (κ1) is 11.7. The molecule has 0 unspecified atom stereocenters. The molecule has 0 atom stereocenters. The first-order chi connectivity index (χ1) is 8.00. The van der Waals surface area contributed by atoms with Gasteiger partial charge in [-0.3, -0.25) is 0 Å². The van der Waals surface area contributed by atoms with Gasteiger partial charge in [0.2, 0.25) is 5.95 Å². The van der Waals surface area contributed by atoms with Crippen molar-refractivity contribution in [3.8, 4) is 0 Å². The minimum absolute atomic E-state index is 0.165. The molecule has 1 aromatic carbocycles. The molecule has 4 nitrogen and oxygen atoms in total. The molecule has 0 saturated heterocycles. The smallest absolute Gasteiger partial charge is 0.277 e. The minimum atomic E-state index is -3.00. The lowest BCUT2D eigenvalue weighted by molar-refractivity contribution is 0.0252. The molecule has 4 N–H and O–H groups in total. The van der Waals surface area contributed by atoms with Gasteiger partial charge in [-0.15, -0.1) is 0 Å². The Labute approximate surface area is 95.0 Å². The van der Waals surface area contributed by atoms with Crippen LogP contribution < -0.4 is 11.1 Å². The van der Waals surface area contributed by atoms with Crippen molar-refractivity contribution in [2.75, 3.05) is 18.4 Å². The summed E-state index contributed by atoms with van der Waals surface area (Å²) >= 11 is 0. The van der Waals surface area contributed by atoms with E-state index in [1.54, 1.807) is 0 Å². The number of nitrogens with zero attached hydrogens (tertiary/aromatic N) is 1. The Bertz CT molecular complexity index is 523. The van der Waals surface area contributed by atoms with Crippen LogP contribution in [0, 0.1) is 5.82 Å². The Balaban J connectivity index is 2.15. The van der Waals surface area contributed by atoms with Crippen molar-refractivity contribution >= 4 is 17.0 Å². The number of aromatic nitrogens is 2. The zero-order valence-corrected chi connectivity index (χ0v) is 8.80. The monoisotopic (exact) mass is 244 g/mol. The lowest BCUT2D eigenvalue weighted by Crippen LogP contribution is -2.35. The number of nitrogens with two attached hydrogens (primary N) is 1. The van der Waals surface area contributed by atoms with E-state index < -0.39 is 24.8 Å². The summed E-state index contributed by atoms with van der Waals surface area (Å²) in [5.41, 5.74) is 5.85. The van der Waals surface area contributed by atoms with Crippen LogP contribution in [0.2, 0.25) is 0 Å². The molecule has 7 heteroatoms. The Morgan fingerprint density at radius 2 is 2.18 bits per heavy atom. The third kappa shape index (κ3) is 2.68. The molecule has 92 valence electrons. The van der Waals surface area contributed by atoms with Crippen molar-refractivity contribution in [1.82, 2.24) is 9.97 Å². The Morgan fingerprint density at radius 3 is 2.88 bits per heavy atom. The molecule has 0 aliphatic rings. The van der Waals surface area contributed by atoms with E-state index in [1.165, 1.54) is 18.2 Å². The van der Waals surface area contributed by atoms with Gasteiger partial charge < -0.3 is 16.0 Å². The number of benzene rings is 1. The van der Waals surface area contributed by atoms with Crippen molar-refractivity contribution in [3.63, 3.8) is 0 Å². The fourth-order valence-corrected chi connectivity index (χ4v) is 1.35. The molecule has 17 heavy (non-hydrogen) atoms. The predicted molar refractivity (Wildman–Crippen MR) is 58.5 cm³/mol. The maximum atomic E-state index is 12.9. The molecular formula is C10H11F3N4. The second-order valence-corrected chi connectivity index (χ2v) is 3.66. The van der Waals surface area contributed by atoms with Crippen molar-refractivity contribution in [1.29, 1.82) is 0 Å². The van der Waals surface area contributed by atoms with Crippen LogP contribution in [-0.2, 0) is 0 Å². The summed E-state index contributed by atoms with van der Waals surface area (Å²) in [6.45, 7) is -1.36. The fourth-order valence-electron chi connectivity index (χ4n) is 1.35. The number of anilines is 1. The van der Waals surface area contributed by atoms with Crippen LogP contribution in [0.25, 0.3) is 11.0 Å². The molecular weight excluding hydrogens is 233 g/mol. The lowest BCUT2D eigenvalue weighted by atomic mass is 10.3. The maximum Gasteiger partial charge on any atom is 0.277 e. The number of rotatable bonds is 4. The van der Waals surface area contributed by atoms with Crippen LogP contribution in [-0.4, -0.2) is 29.0 Å². The first-order valence-corrected chi connectivity index (χ1v) is 4.97. The quantitative estimate of drug-likeness (QED) is 0.767. The molecule has 0 saturated carbocycles. The van der Waals surface area contributed by atoms with Crippen LogP contribution in [0.5, 0.6) is 0 Å². The van der Waals surface area contributed by atoms with E-state index in [2.05, 4.69) is 15.3 Å². The highest BCUT2D eigenvalue weighted by Gasteiger charge is 2.26. The summed E-state index contributed by atoms with van der Waals surface area (Å²) in [7, 11) is 0. The summed E-state index contributed by atoms with van der Waals surface area (Å²) in [6.07, 6.45) is 0.